The van der Waals surface area contributed by atoms with Gasteiger partial charge in [-0.15, -0.1) is 0 Å². The summed E-state index contributed by atoms with van der Waals surface area (Å²) in [6.07, 6.45) is 6.76. The maximum Gasteiger partial charge on any atom is 0.246 e. The van der Waals surface area contributed by atoms with Crippen LogP contribution in [0, 0.1) is 0 Å². The molecular weight excluding hydrogens is 356 g/mol. The number of hydrogen-bond acceptors (Lipinski definition) is 5. The van der Waals surface area contributed by atoms with E-state index in [0.717, 1.165) is 0 Å². The number of ether oxygens (including phenoxy) is 2. The van der Waals surface area contributed by atoms with Gasteiger partial charge in [0.05, 0.1) is 19.1 Å². The number of benzene rings is 1. The number of nitrogens with zero attached hydrogens (tertiary/aromatic N) is 2. The minimum atomic E-state index is -3.66. The van der Waals surface area contributed by atoms with Gasteiger partial charge in [-0.2, -0.15) is 4.31 Å². The molecular formula is C18H24N2O5S. The molecule has 7 nitrogen and oxygen atoms in total. The molecule has 8 heteroatoms. The fourth-order valence-electron chi connectivity index (χ4n) is 2.63. The van der Waals surface area contributed by atoms with Crippen LogP contribution in [-0.4, -0.2) is 63.9 Å². The summed E-state index contributed by atoms with van der Waals surface area (Å²) >= 11 is 0. The van der Waals surface area contributed by atoms with Gasteiger partial charge >= 0.3 is 0 Å². The second kappa shape index (κ2) is 8.86. The molecule has 1 aromatic carbocycles. The van der Waals surface area contributed by atoms with Crippen LogP contribution in [-0.2, 0) is 14.8 Å². The summed E-state index contributed by atoms with van der Waals surface area (Å²) in [6.45, 7) is 3.07. The summed E-state index contributed by atoms with van der Waals surface area (Å²) in [4.78, 5) is 13.8. The third-order valence-corrected chi connectivity index (χ3v) is 5.98. The fraction of sp³-hybridized carbons (Fsp3) is 0.389. The number of rotatable bonds is 6. The van der Waals surface area contributed by atoms with Gasteiger partial charge in [-0.3, -0.25) is 4.79 Å². The quantitative estimate of drug-likeness (QED) is 0.554. The summed E-state index contributed by atoms with van der Waals surface area (Å²) in [6, 6.07) is 4.51. The lowest BCUT2D eigenvalue weighted by molar-refractivity contribution is -0.127. The second-order valence-electron chi connectivity index (χ2n) is 5.63. The number of piperazine rings is 1. The fourth-order valence-corrected chi connectivity index (χ4v) is 4.07. The lowest BCUT2D eigenvalue weighted by Gasteiger charge is -2.33. The van der Waals surface area contributed by atoms with Crippen molar-refractivity contribution in [3.63, 3.8) is 0 Å². The molecule has 0 bridgehead atoms. The van der Waals surface area contributed by atoms with E-state index in [2.05, 4.69) is 0 Å². The van der Waals surface area contributed by atoms with Crippen molar-refractivity contribution in [2.75, 3.05) is 40.4 Å². The summed E-state index contributed by atoms with van der Waals surface area (Å²) in [5.41, 5.74) is 0. The molecule has 1 aliphatic rings. The van der Waals surface area contributed by atoms with Crippen LogP contribution in [0.5, 0.6) is 11.5 Å². The molecule has 1 aliphatic heterocycles. The minimum Gasteiger partial charge on any atom is -0.493 e. The van der Waals surface area contributed by atoms with E-state index < -0.39 is 10.0 Å². The Labute approximate surface area is 154 Å². The lowest BCUT2D eigenvalue weighted by Crippen LogP contribution is -2.50. The molecule has 0 N–H and O–H groups in total. The van der Waals surface area contributed by atoms with Crippen molar-refractivity contribution < 1.29 is 22.7 Å². The van der Waals surface area contributed by atoms with Crippen LogP contribution in [0.25, 0.3) is 0 Å². The van der Waals surface area contributed by atoms with E-state index in [0.29, 0.717) is 24.6 Å². The monoisotopic (exact) mass is 380 g/mol. The molecule has 1 aromatic rings. The Balaban J connectivity index is 2.09. The first-order valence-electron chi connectivity index (χ1n) is 8.24. The van der Waals surface area contributed by atoms with Crippen LogP contribution in [0.15, 0.2) is 47.4 Å². The van der Waals surface area contributed by atoms with Crippen LogP contribution in [0.3, 0.4) is 0 Å². The molecule has 0 spiro atoms. The average molecular weight is 380 g/mol. The van der Waals surface area contributed by atoms with E-state index in [1.165, 1.54) is 36.7 Å². The van der Waals surface area contributed by atoms with Gasteiger partial charge in [0, 0.05) is 38.3 Å². The maximum atomic E-state index is 12.8. The maximum absolute atomic E-state index is 12.8. The van der Waals surface area contributed by atoms with Gasteiger partial charge in [0.15, 0.2) is 11.5 Å². The lowest BCUT2D eigenvalue weighted by atomic mass is 10.3. The van der Waals surface area contributed by atoms with Crippen molar-refractivity contribution in [2.45, 2.75) is 11.8 Å². The largest absolute Gasteiger partial charge is 0.493 e. The highest BCUT2D eigenvalue weighted by Crippen LogP contribution is 2.30. The number of allylic oxidation sites excluding steroid dienone is 3. The molecule has 1 heterocycles. The molecule has 0 radical (unpaired) electrons. The Morgan fingerprint density at radius 1 is 1.04 bits per heavy atom. The normalized spacial score (nSPS) is 16.3. The Hall–Kier alpha value is -2.32. The first kappa shape index (κ1) is 20.0. The summed E-state index contributed by atoms with van der Waals surface area (Å²) < 4.78 is 37.4. The average Bonchev–Trinajstić information content (AvgIpc) is 2.67. The highest BCUT2D eigenvalue weighted by atomic mass is 32.2. The van der Waals surface area contributed by atoms with E-state index in [4.69, 9.17) is 9.47 Å². The van der Waals surface area contributed by atoms with E-state index >= 15 is 0 Å². The van der Waals surface area contributed by atoms with Crippen LogP contribution in [0.4, 0.5) is 0 Å². The zero-order chi connectivity index (χ0) is 19.2. The number of methoxy groups -OCH3 is 2. The van der Waals surface area contributed by atoms with Crippen LogP contribution >= 0.6 is 0 Å². The van der Waals surface area contributed by atoms with E-state index in [1.807, 2.05) is 13.0 Å². The zero-order valence-electron chi connectivity index (χ0n) is 15.2. The first-order chi connectivity index (χ1) is 12.4. The van der Waals surface area contributed by atoms with Crippen molar-refractivity contribution >= 4 is 15.9 Å². The predicted octanol–water partition coefficient (Wildman–Crippen LogP) is 1.67. The Bertz CT molecular complexity index is 794. The van der Waals surface area contributed by atoms with E-state index in [1.54, 1.807) is 23.1 Å². The molecule has 1 saturated heterocycles. The molecule has 1 amide bonds. The van der Waals surface area contributed by atoms with Gasteiger partial charge in [-0.05, 0) is 19.1 Å². The topological polar surface area (TPSA) is 76.2 Å². The highest BCUT2D eigenvalue weighted by Gasteiger charge is 2.30. The Morgan fingerprint density at radius 3 is 2.27 bits per heavy atom. The molecule has 0 aliphatic carbocycles. The predicted molar refractivity (Wildman–Crippen MR) is 98.8 cm³/mol. The molecule has 26 heavy (non-hydrogen) atoms. The molecule has 0 unspecified atom stereocenters. The number of sulfonamides is 1. The number of amides is 1. The third-order valence-electron chi connectivity index (χ3n) is 4.09. The zero-order valence-corrected chi connectivity index (χ0v) is 16.0. The van der Waals surface area contributed by atoms with Gasteiger partial charge in [-0.25, -0.2) is 8.42 Å². The second-order valence-corrected chi connectivity index (χ2v) is 7.57. The van der Waals surface area contributed by atoms with Crippen molar-refractivity contribution in [1.29, 1.82) is 0 Å². The Morgan fingerprint density at radius 2 is 1.69 bits per heavy atom. The van der Waals surface area contributed by atoms with Gasteiger partial charge in [0.25, 0.3) is 0 Å². The standard InChI is InChI=1S/C18H24N2O5S/c1-4-5-6-7-18(21)19-10-12-20(13-11-19)26(22,23)15-8-9-16(24-2)17(14-15)25-3/h4-9,14H,10-13H2,1-3H3/b5-4+,7-6+. The number of hydrogen-bond donors (Lipinski definition) is 0. The molecule has 2 rings (SSSR count). The number of carbonyl (C=O) groups excluding carboxylic acids is 1. The summed E-state index contributed by atoms with van der Waals surface area (Å²) in [5.74, 6) is 0.706. The molecule has 0 aromatic heterocycles. The molecule has 0 atom stereocenters. The minimum absolute atomic E-state index is 0.119. The molecule has 142 valence electrons. The third kappa shape index (κ3) is 4.44. The van der Waals surface area contributed by atoms with Crippen molar-refractivity contribution in [3.05, 3.63) is 42.5 Å². The molecule has 1 fully saturated rings. The van der Waals surface area contributed by atoms with Gasteiger partial charge < -0.3 is 14.4 Å². The summed E-state index contributed by atoms with van der Waals surface area (Å²) in [7, 11) is -0.708. The van der Waals surface area contributed by atoms with Gasteiger partial charge in [-0.1, -0.05) is 18.2 Å². The summed E-state index contributed by atoms with van der Waals surface area (Å²) in [5, 5.41) is 0. The van der Waals surface area contributed by atoms with Crippen molar-refractivity contribution in [1.82, 2.24) is 9.21 Å². The number of carbonyl (C=O) groups is 1. The highest BCUT2D eigenvalue weighted by molar-refractivity contribution is 7.89. The van der Waals surface area contributed by atoms with E-state index in [9.17, 15) is 13.2 Å². The Kier molecular flexibility index (Phi) is 6.82. The molecule has 0 saturated carbocycles. The van der Waals surface area contributed by atoms with Crippen molar-refractivity contribution in [2.24, 2.45) is 0 Å². The van der Waals surface area contributed by atoms with Gasteiger partial charge in [0.2, 0.25) is 15.9 Å². The van der Waals surface area contributed by atoms with Crippen LogP contribution < -0.4 is 9.47 Å². The van der Waals surface area contributed by atoms with Crippen molar-refractivity contribution in [3.8, 4) is 11.5 Å². The first-order valence-corrected chi connectivity index (χ1v) is 9.68. The van der Waals surface area contributed by atoms with Crippen LogP contribution in [0.1, 0.15) is 6.92 Å². The van der Waals surface area contributed by atoms with Gasteiger partial charge in [0.1, 0.15) is 0 Å². The SMILES string of the molecule is C/C=C/C=C/C(=O)N1CCN(S(=O)(=O)c2ccc(OC)c(OC)c2)CC1. The smallest absolute Gasteiger partial charge is 0.246 e. The van der Waals surface area contributed by atoms with Crippen LogP contribution in [0.2, 0.25) is 0 Å². The van der Waals surface area contributed by atoms with E-state index in [-0.39, 0.29) is 23.9 Å².